The van der Waals surface area contributed by atoms with Crippen LogP contribution in [0.25, 0.3) is 22.0 Å². The minimum Gasteiger partial charge on any atom is -0.298 e. The quantitative estimate of drug-likeness (QED) is 0.646. The zero-order valence-corrected chi connectivity index (χ0v) is 10.8. The second-order valence-electron chi connectivity index (χ2n) is 4.27. The third-order valence-electron chi connectivity index (χ3n) is 3.04. The fourth-order valence-corrected chi connectivity index (χ4v) is 2.27. The number of aldehydes is 1. The number of benzene rings is 2. The summed E-state index contributed by atoms with van der Waals surface area (Å²) in [4.78, 5) is 15.5. The number of para-hydroxylation sites is 1. The molecule has 0 unspecified atom stereocenters. The number of rotatable bonds is 2. The molecule has 0 saturated carbocycles. The highest BCUT2D eigenvalue weighted by Gasteiger charge is 2.07. The van der Waals surface area contributed by atoms with E-state index in [-0.39, 0.29) is 0 Å². The lowest BCUT2D eigenvalue weighted by Gasteiger charge is -2.06. The van der Waals surface area contributed by atoms with Gasteiger partial charge in [-0.3, -0.25) is 9.78 Å². The Labute approximate surface area is 115 Å². The largest absolute Gasteiger partial charge is 0.298 e. The second kappa shape index (κ2) is 4.82. The van der Waals surface area contributed by atoms with Gasteiger partial charge in [0.05, 0.1) is 5.52 Å². The van der Waals surface area contributed by atoms with Crippen molar-refractivity contribution >= 4 is 28.8 Å². The maximum absolute atomic E-state index is 11.1. The van der Waals surface area contributed by atoms with Gasteiger partial charge in [-0.2, -0.15) is 0 Å². The van der Waals surface area contributed by atoms with E-state index < -0.39 is 0 Å². The third kappa shape index (κ3) is 2.23. The molecule has 0 saturated heterocycles. The number of hydrogen-bond acceptors (Lipinski definition) is 2. The van der Waals surface area contributed by atoms with Crippen LogP contribution in [0.5, 0.6) is 0 Å². The van der Waals surface area contributed by atoms with Gasteiger partial charge in [0.25, 0.3) is 0 Å². The molecule has 3 rings (SSSR count). The van der Waals surface area contributed by atoms with E-state index in [0.717, 1.165) is 28.3 Å². The van der Waals surface area contributed by atoms with Crippen LogP contribution in [0.2, 0.25) is 5.02 Å². The van der Waals surface area contributed by atoms with Crippen molar-refractivity contribution in [2.24, 2.45) is 0 Å². The van der Waals surface area contributed by atoms with Crippen molar-refractivity contribution in [3.05, 3.63) is 65.3 Å². The number of carbonyl (C=O) groups excluding carboxylic acids is 1. The minimum absolute atomic E-state index is 0.605. The molecule has 3 heteroatoms. The Morgan fingerprint density at radius 3 is 2.74 bits per heavy atom. The SMILES string of the molecule is O=Cc1ccc(Cl)cc1-c1cnc2ccccc2c1. The molecule has 2 aromatic carbocycles. The average Bonchev–Trinajstić information content (AvgIpc) is 2.46. The van der Waals surface area contributed by atoms with Gasteiger partial charge in [0.2, 0.25) is 0 Å². The van der Waals surface area contributed by atoms with Crippen molar-refractivity contribution in [2.45, 2.75) is 0 Å². The first-order chi connectivity index (χ1) is 9.28. The van der Waals surface area contributed by atoms with Gasteiger partial charge in [0, 0.05) is 27.7 Å². The van der Waals surface area contributed by atoms with Crippen molar-refractivity contribution < 1.29 is 4.79 Å². The molecule has 0 fully saturated rings. The van der Waals surface area contributed by atoms with Gasteiger partial charge >= 0.3 is 0 Å². The topological polar surface area (TPSA) is 30.0 Å². The summed E-state index contributed by atoms with van der Waals surface area (Å²) >= 11 is 6.01. The number of nitrogens with zero attached hydrogens (tertiary/aromatic N) is 1. The molecule has 0 bridgehead atoms. The zero-order valence-electron chi connectivity index (χ0n) is 10.0. The molecule has 0 aliphatic heterocycles. The fourth-order valence-electron chi connectivity index (χ4n) is 2.10. The number of fused-ring (bicyclic) bond motifs is 1. The van der Waals surface area contributed by atoms with Crippen molar-refractivity contribution in [3.8, 4) is 11.1 Å². The van der Waals surface area contributed by atoms with E-state index in [2.05, 4.69) is 4.98 Å². The number of halogens is 1. The molecular formula is C16H10ClNO. The Kier molecular flexibility index (Phi) is 3.02. The fraction of sp³-hybridized carbons (Fsp3) is 0. The standard InChI is InChI=1S/C16H10ClNO/c17-14-6-5-12(10-19)15(8-14)13-7-11-3-1-2-4-16(11)18-9-13/h1-10H. The molecule has 1 heterocycles. The first-order valence-corrected chi connectivity index (χ1v) is 6.25. The number of pyridine rings is 1. The molecular weight excluding hydrogens is 258 g/mol. The van der Waals surface area contributed by atoms with Crippen LogP contribution in [0.15, 0.2) is 54.7 Å². The molecule has 92 valence electrons. The third-order valence-corrected chi connectivity index (χ3v) is 3.28. The molecule has 1 aromatic heterocycles. The molecule has 0 atom stereocenters. The van der Waals surface area contributed by atoms with Crippen LogP contribution in [-0.4, -0.2) is 11.3 Å². The Morgan fingerprint density at radius 2 is 1.89 bits per heavy atom. The summed E-state index contributed by atoms with van der Waals surface area (Å²) in [7, 11) is 0. The molecule has 0 aliphatic carbocycles. The molecule has 3 aromatic rings. The first-order valence-electron chi connectivity index (χ1n) is 5.88. The van der Waals surface area contributed by atoms with Crippen LogP contribution in [0.1, 0.15) is 10.4 Å². The molecule has 0 amide bonds. The van der Waals surface area contributed by atoms with Crippen LogP contribution >= 0.6 is 11.6 Å². The van der Waals surface area contributed by atoms with Gasteiger partial charge in [-0.05, 0) is 35.9 Å². The van der Waals surface area contributed by atoms with Crippen molar-refractivity contribution in [1.82, 2.24) is 4.98 Å². The summed E-state index contributed by atoms with van der Waals surface area (Å²) in [6.45, 7) is 0. The minimum atomic E-state index is 0.605. The Morgan fingerprint density at radius 1 is 1.05 bits per heavy atom. The van der Waals surface area contributed by atoms with Gasteiger partial charge in [0.15, 0.2) is 6.29 Å². The highest BCUT2D eigenvalue weighted by molar-refractivity contribution is 6.31. The van der Waals surface area contributed by atoms with E-state index >= 15 is 0 Å². The predicted molar refractivity (Wildman–Crippen MR) is 77.6 cm³/mol. The summed E-state index contributed by atoms with van der Waals surface area (Å²) < 4.78 is 0. The highest BCUT2D eigenvalue weighted by atomic mass is 35.5. The normalized spacial score (nSPS) is 10.6. The van der Waals surface area contributed by atoms with Gasteiger partial charge in [-0.25, -0.2) is 0 Å². The van der Waals surface area contributed by atoms with Gasteiger partial charge in [-0.15, -0.1) is 0 Å². The lowest BCUT2D eigenvalue weighted by atomic mass is 10.0. The summed E-state index contributed by atoms with van der Waals surface area (Å²) in [5, 5.41) is 1.64. The summed E-state index contributed by atoms with van der Waals surface area (Å²) in [6.07, 6.45) is 2.60. The van der Waals surface area contributed by atoms with Crippen LogP contribution in [-0.2, 0) is 0 Å². The molecule has 0 radical (unpaired) electrons. The second-order valence-corrected chi connectivity index (χ2v) is 4.70. The predicted octanol–water partition coefficient (Wildman–Crippen LogP) is 4.37. The van der Waals surface area contributed by atoms with Gasteiger partial charge in [0.1, 0.15) is 0 Å². The van der Waals surface area contributed by atoms with E-state index in [1.54, 1.807) is 24.4 Å². The number of hydrogen-bond donors (Lipinski definition) is 0. The Balaban J connectivity index is 2.24. The van der Waals surface area contributed by atoms with Crippen molar-refractivity contribution in [3.63, 3.8) is 0 Å². The van der Waals surface area contributed by atoms with E-state index in [0.29, 0.717) is 10.6 Å². The highest BCUT2D eigenvalue weighted by Crippen LogP contribution is 2.27. The lowest BCUT2D eigenvalue weighted by molar-refractivity contribution is 0.112. The number of aromatic nitrogens is 1. The maximum atomic E-state index is 11.1. The molecule has 19 heavy (non-hydrogen) atoms. The van der Waals surface area contributed by atoms with E-state index in [9.17, 15) is 4.79 Å². The van der Waals surface area contributed by atoms with Crippen LogP contribution in [0.3, 0.4) is 0 Å². The average molecular weight is 268 g/mol. The van der Waals surface area contributed by atoms with Crippen LogP contribution in [0.4, 0.5) is 0 Å². The van der Waals surface area contributed by atoms with Gasteiger partial charge < -0.3 is 0 Å². The summed E-state index contributed by atoms with van der Waals surface area (Å²) in [6, 6.07) is 15.1. The Bertz CT molecular complexity index is 768. The van der Waals surface area contributed by atoms with Crippen LogP contribution in [0, 0.1) is 0 Å². The van der Waals surface area contributed by atoms with E-state index in [1.807, 2.05) is 30.3 Å². The van der Waals surface area contributed by atoms with E-state index in [1.165, 1.54) is 0 Å². The zero-order chi connectivity index (χ0) is 13.2. The van der Waals surface area contributed by atoms with Crippen molar-refractivity contribution in [1.29, 1.82) is 0 Å². The maximum Gasteiger partial charge on any atom is 0.150 e. The van der Waals surface area contributed by atoms with E-state index in [4.69, 9.17) is 11.6 Å². The van der Waals surface area contributed by atoms with Crippen LogP contribution < -0.4 is 0 Å². The summed E-state index contributed by atoms with van der Waals surface area (Å²) in [5.41, 5.74) is 3.24. The Hall–Kier alpha value is -2.19. The molecule has 0 spiro atoms. The van der Waals surface area contributed by atoms with Gasteiger partial charge in [-0.1, -0.05) is 29.8 Å². The number of carbonyl (C=O) groups is 1. The smallest absolute Gasteiger partial charge is 0.150 e. The molecule has 0 N–H and O–H groups in total. The lowest BCUT2D eigenvalue weighted by Crippen LogP contribution is -1.89. The summed E-state index contributed by atoms with van der Waals surface area (Å²) in [5.74, 6) is 0. The molecule has 0 aliphatic rings. The first kappa shape index (κ1) is 11.9. The van der Waals surface area contributed by atoms with Crippen molar-refractivity contribution in [2.75, 3.05) is 0 Å². The molecule has 2 nitrogen and oxygen atoms in total. The monoisotopic (exact) mass is 267 g/mol.